The second-order valence-electron chi connectivity index (χ2n) is 7.58. The molecule has 1 aromatic carbocycles. The lowest BCUT2D eigenvalue weighted by Gasteiger charge is -2.39. The van der Waals surface area contributed by atoms with Crippen LogP contribution in [0.1, 0.15) is 37.4 Å². The summed E-state index contributed by atoms with van der Waals surface area (Å²) >= 11 is 0. The number of imidazole rings is 1. The molecule has 2 aromatic rings. The summed E-state index contributed by atoms with van der Waals surface area (Å²) in [5.74, 6) is 2.59. The SMILES string of the molecule is CCNC(=NCCc1ccc(C)c(OC)c1)N1CCC(C)C(n2ccnc2)C1.I. The van der Waals surface area contributed by atoms with Crippen molar-refractivity contribution in [1.29, 1.82) is 0 Å². The average molecular weight is 511 g/mol. The highest BCUT2D eigenvalue weighted by molar-refractivity contribution is 14.0. The first-order chi connectivity index (χ1) is 13.6. The Balaban J connectivity index is 0.00000300. The van der Waals surface area contributed by atoms with Gasteiger partial charge in [-0.25, -0.2) is 4.98 Å². The molecule has 2 unspecified atom stereocenters. The molecule has 0 radical (unpaired) electrons. The second-order valence-corrected chi connectivity index (χ2v) is 7.58. The minimum absolute atomic E-state index is 0. The lowest BCUT2D eigenvalue weighted by Crippen LogP contribution is -2.49. The standard InChI is InChI=1S/C22H33N5O.HI/c1-5-24-22(25-10-8-19-7-6-18(3)21(14-19)28-4)26-12-9-17(2)20(15-26)27-13-11-23-16-27;/h6-7,11,13-14,16-17,20H,5,8-10,12,15H2,1-4H3,(H,24,25);1H. The Morgan fingerprint density at radius 1 is 1.38 bits per heavy atom. The van der Waals surface area contributed by atoms with E-state index in [1.807, 2.05) is 12.5 Å². The monoisotopic (exact) mass is 511 g/mol. The lowest BCUT2D eigenvalue weighted by atomic mass is 9.93. The number of aromatic nitrogens is 2. The van der Waals surface area contributed by atoms with Crippen molar-refractivity contribution in [1.82, 2.24) is 19.8 Å². The van der Waals surface area contributed by atoms with Gasteiger partial charge in [0.25, 0.3) is 0 Å². The zero-order valence-corrected chi connectivity index (χ0v) is 20.3. The zero-order valence-electron chi connectivity index (χ0n) is 18.0. The van der Waals surface area contributed by atoms with Crippen LogP contribution in [0.15, 0.2) is 41.9 Å². The summed E-state index contributed by atoms with van der Waals surface area (Å²) in [4.78, 5) is 11.5. The molecule has 0 spiro atoms. The van der Waals surface area contributed by atoms with Gasteiger partial charge >= 0.3 is 0 Å². The number of nitrogens with zero attached hydrogens (tertiary/aromatic N) is 4. The number of guanidine groups is 1. The molecule has 1 aliphatic rings. The summed E-state index contributed by atoms with van der Waals surface area (Å²) in [6, 6.07) is 6.83. The van der Waals surface area contributed by atoms with Gasteiger partial charge in [-0.1, -0.05) is 19.1 Å². The van der Waals surface area contributed by atoms with Crippen LogP contribution in [0.25, 0.3) is 0 Å². The normalized spacial score (nSPS) is 19.6. The highest BCUT2D eigenvalue weighted by Crippen LogP contribution is 2.27. The van der Waals surface area contributed by atoms with Crippen LogP contribution in [0, 0.1) is 12.8 Å². The minimum atomic E-state index is 0. The molecule has 1 N–H and O–H groups in total. The first-order valence-corrected chi connectivity index (χ1v) is 10.3. The predicted octanol–water partition coefficient (Wildman–Crippen LogP) is 3.91. The van der Waals surface area contributed by atoms with Crippen molar-refractivity contribution < 1.29 is 4.74 Å². The molecule has 1 aromatic heterocycles. The first kappa shape index (κ1) is 23.5. The maximum absolute atomic E-state index is 5.44. The fourth-order valence-electron chi connectivity index (χ4n) is 3.83. The van der Waals surface area contributed by atoms with E-state index in [1.165, 1.54) is 5.56 Å². The number of benzene rings is 1. The van der Waals surface area contributed by atoms with Gasteiger partial charge in [0.05, 0.1) is 19.5 Å². The van der Waals surface area contributed by atoms with E-state index in [0.717, 1.165) is 56.3 Å². The molecule has 2 atom stereocenters. The number of ether oxygens (including phenoxy) is 1. The van der Waals surface area contributed by atoms with E-state index >= 15 is 0 Å². The van der Waals surface area contributed by atoms with Crippen LogP contribution in [0.3, 0.4) is 0 Å². The molecule has 0 amide bonds. The number of hydrogen-bond donors (Lipinski definition) is 1. The molecule has 0 saturated carbocycles. The number of nitrogens with one attached hydrogen (secondary N) is 1. The van der Waals surface area contributed by atoms with Gasteiger partial charge < -0.3 is 19.5 Å². The number of likely N-dealkylation sites (tertiary alicyclic amines) is 1. The van der Waals surface area contributed by atoms with E-state index in [0.29, 0.717) is 12.0 Å². The van der Waals surface area contributed by atoms with Crippen LogP contribution >= 0.6 is 24.0 Å². The summed E-state index contributed by atoms with van der Waals surface area (Å²) in [5, 5.41) is 3.48. The van der Waals surface area contributed by atoms with Gasteiger partial charge in [-0.3, -0.25) is 4.99 Å². The highest BCUT2D eigenvalue weighted by Gasteiger charge is 2.28. The third kappa shape index (κ3) is 6.10. The van der Waals surface area contributed by atoms with Gasteiger partial charge in [-0.15, -0.1) is 24.0 Å². The zero-order chi connectivity index (χ0) is 19.9. The molecule has 29 heavy (non-hydrogen) atoms. The number of piperidine rings is 1. The van der Waals surface area contributed by atoms with Crippen LogP contribution in [-0.2, 0) is 6.42 Å². The van der Waals surface area contributed by atoms with Crippen LogP contribution in [0.2, 0.25) is 0 Å². The Hall–Kier alpha value is -1.77. The quantitative estimate of drug-likeness (QED) is 0.363. The predicted molar refractivity (Wildman–Crippen MR) is 129 cm³/mol. The maximum atomic E-state index is 5.44. The molecule has 0 bridgehead atoms. The molecular formula is C22H34IN5O. The van der Waals surface area contributed by atoms with Crippen LogP contribution < -0.4 is 10.1 Å². The van der Waals surface area contributed by atoms with Crippen LogP contribution in [-0.4, -0.2) is 53.7 Å². The van der Waals surface area contributed by atoms with Gasteiger partial charge in [-0.05, 0) is 49.8 Å². The van der Waals surface area contributed by atoms with E-state index in [4.69, 9.17) is 9.73 Å². The summed E-state index contributed by atoms with van der Waals surface area (Å²) in [6.45, 7) is 10.2. The van der Waals surface area contributed by atoms with E-state index in [9.17, 15) is 0 Å². The summed E-state index contributed by atoms with van der Waals surface area (Å²) in [6.07, 6.45) is 7.92. The summed E-state index contributed by atoms with van der Waals surface area (Å²) < 4.78 is 7.68. The molecule has 7 heteroatoms. The van der Waals surface area contributed by atoms with Crippen molar-refractivity contribution in [2.75, 3.05) is 33.3 Å². The van der Waals surface area contributed by atoms with Crippen LogP contribution in [0.4, 0.5) is 0 Å². The third-order valence-corrected chi connectivity index (χ3v) is 5.60. The average Bonchev–Trinajstić information content (AvgIpc) is 3.23. The molecule has 160 valence electrons. The Kier molecular flexibility index (Phi) is 9.26. The number of halogens is 1. The van der Waals surface area contributed by atoms with Crippen molar-refractivity contribution in [3.63, 3.8) is 0 Å². The van der Waals surface area contributed by atoms with E-state index in [1.54, 1.807) is 7.11 Å². The van der Waals surface area contributed by atoms with Gasteiger partial charge in [0, 0.05) is 38.6 Å². The van der Waals surface area contributed by atoms with Crippen molar-refractivity contribution in [2.24, 2.45) is 10.9 Å². The van der Waals surface area contributed by atoms with E-state index in [2.05, 4.69) is 64.9 Å². The molecule has 3 rings (SSSR count). The van der Waals surface area contributed by atoms with Gasteiger partial charge in [0.2, 0.25) is 0 Å². The van der Waals surface area contributed by atoms with Crippen molar-refractivity contribution in [2.45, 2.75) is 39.7 Å². The van der Waals surface area contributed by atoms with Crippen molar-refractivity contribution in [3.05, 3.63) is 48.0 Å². The highest BCUT2D eigenvalue weighted by atomic mass is 127. The molecule has 6 nitrogen and oxygen atoms in total. The molecular weight excluding hydrogens is 477 g/mol. The van der Waals surface area contributed by atoms with Gasteiger partial charge in [0.15, 0.2) is 5.96 Å². The number of aliphatic imine (C=N–C) groups is 1. The molecule has 1 saturated heterocycles. The Labute approximate surface area is 191 Å². The lowest BCUT2D eigenvalue weighted by molar-refractivity contribution is 0.189. The van der Waals surface area contributed by atoms with Crippen molar-refractivity contribution in [3.8, 4) is 5.75 Å². The summed E-state index contributed by atoms with van der Waals surface area (Å²) in [7, 11) is 1.72. The molecule has 1 aliphatic heterocycles. The molecule has 0 aliphatic carbocycles. The number of hydrogen-bond acceptors (Lipinski definition) is 3. The largest absolute Gasteiger partial charge is 0.496 e. The van der Waals surface area contributed by atoms with Crippen LogP contribution in [0.5, 0.6) is 5.75 Å². The molecule has 2 heterocycles. The maximum Gasteiger partial charge on any atom is 0.193 e. The summed E-state index contributed by atoms with van der Waals surface area (Å²) in [5.41, 5.74) is 2.42. The Bertz CT molecular complexity index is 778. The third-order valence-electron chi connectivity index (χ3n) is 5.60. The Morgan fingerprint density at radius 2 is 2.21 bits per heavy atom. The number of methoxy groups -OCH3 is 1. The fraction of sp³-hybridized carbons (Fsp3) is 0.545. The number of aryl methyl sites for hydroxylation is 1. The molecule has 1 fully saturated rings. The minimum Gasteiger partial charge on any atom is -0.496 e. The van der Waals surface area contributed by atoms with E-state index < -0.39 is 0 Å². The smallest absolute Gasteiger partial charge is 0.193 e. The topological polar surface area (TPSA) is 54.7 Å². The number of rotatable bonds is 6. The van der Waals surface area contributed by atoms with E-state index in [-0.39, 0.29) is 24.0 Å². The van der Waals surface area contributed by atoms with Crippen molar-refractivity contribution >= 4 is 29.9 Å². The second kappa shape index (κ2) is 11.4. The Morgan fingerprint density at radius 3 is 2.90 bits per heavy atom. The van der Waals surface area contributed by atoms with Gasteiger partial charge in [0.1, 0.15) is 5.75 Å². The van der Waals surface area contributed by atoms with Gasteiger partial charge in [-0.2, -0.15) is 0 Å². The first-order valence-electron chi connectivity index (χ1n) is 10.3. The fourth-order valence-corrected chi connectivity index (χ4v) is 3.83.